The number of para-hydroxylation sites is 2. The van der Waals surface area contributed by atoms with Gasteiger partial charge in [0.05, 0.1) is 27.9 Å². The van der Waals surface area contributed by atoms with Gasteiger partial charge in [0.1, 0.15) is 24.7 Å². The standard InChI is InChI=1S/C31H24N4O3S/c1-2-7-21(8-3-1)34-19-23(30(33-34)29-11-6-16-39-29)31-35-25(22-9-4-5-10-26(22)38-31)18-24(32-35)20-12-13-27-28(17-20)37-15-14-36-27/h1-13,16-17,19,25,31H,14-15,18H2/t25-,31-/m1/s1. The molecule has 0 bridgehead atoms. The number of benzene rings is 3. The molecule has 192 valence electrons. The normalized spacial score (nSPS) is 19.2. The molecular weight excluding hydrogens is 508 g/mol. The minimum atomic E-state index is -0.436. The van der Waals surface area contributed by atoms with E-state index in [1.807, 2.05) is 47.1 Å². The van der Waals surface area contributed by atoms with Crippen molar-refractivity contribution in [3.05, 3.63) is 113 Å². The van der Waals surface area contributed by atoms with Crippen molar-refractivity contribution in [1.82, 2.24) is 14.8 Å². The zero-order valence-corrected chi connectivity index (χ0v) is 21.8. The van der Waals surface area contributed by atoms with Gasteiger partial charge in [-0.15, -0.1) is 11.3 Å². The zero-order chi connectivity index (χ0) is 25.8. The number of ether oxygens (including phenoxy) is 3. The summed E-state index contributed by atoms with van der Waals surface area (Å²) in [6.07, 6.45) is 2.41. The predicted molar refractivity (Wildman–Crippen MR) is 150 cm³/mol. The van der Waals surface area contributed by atoms with Crippen LogP contribution in [0.3, 0.4) is 0 Å². The first-order valence-electron chi connectivity index (χ1n) is 13.0. The second-order valence-electron chi connectivity index (χ2n) is 9.70. The van der Waals surface area contributed by atoms with E-state index < -0.39 is 6.23 Å². The van der Waals surface area contributed by atoms with Crippen LogP contribution in [0.1, 0.15) is 35.4 Å². The van der Waals surface area contributed by atoms with Gasteiger partial charge in [-0.25, -0.2) is 9.69 Å². The van der Waals surface area contributed by atoms with Crippen molar-refractivity contribution in [2.24, 2.45) is 5.10 Å². The number of aromatic nitrogens is 2. The van der Waals surface area contributed by atoms with Crippen LogP contribution in [-0.2, 0) is 0 Å². The molecule has 39 heavy (non-hydrogen) atoms. The highest BCUT2D eigenvalue weighted by Crippen LogP contribution is 2.49. The van der Waals surface area contributed by atoms with E-state index in [1.54, 1.807) is 11.3 Å². The van der Waals surface area contributed by atoms with Gasteiger partial charge in [-0.05, 0) is 47.8 Å². The fraction of sp³-hybridized carbons (Fsp3) is 0.161. The summed E-state index contributed by atoms with van der Waals surface area (Å²) < 4.78 is 20.3. The summed E-state index contributed by atoms with van der Waals surface area (Å²) in [7, 11) is 0. The maximum absolute atomic E-state index is 6.72. The lowest BCUT2D eigenvalue weighted by Gasteiger charge is -2.37. The molecule has 2 aromatic heterocycles. The lowest BCUT2D eigenvalue weighted by atomic mass is 9.95. The molecule has 2 atom stereocenters. The Morgan fingerprint density at radius 2 is 1.64 bits per heavy atom. The third-order valence-electron chi connectivity index (χ3n) is 7.36. The Labute approximate surface area is 229 Å². The fourth-order valence-electron chi connectivity index (χ4n) is 5.52. The SMILES string of the molecule is c1ccc(-n2cc([C@H]3Oc4ccccc4[C@H]4CC(c5ccc6c(c5)OCCO6)=NN43)c(-c3cccs3)n2)cc1. The molecule has 0 N–H and O–H groups in total. The number of hydrazone groups is 1. The minimum Gasteiger partial charge on any atom is -0.486 e. The van der Waals surface area contributed by atoms with E-state index >= 15 is 0 Å². The van der Waals surface area contributed by atoms with Gasteiger partial charge in [0, 0.05) is 23.7 Å². The molecule has 3 aromatic carbocycles. The molecule has 0 radical (unpaired) electrons. The highest BCUT2D eigenvalue weighted by molar-refractivity contribution is 7.13. The number of fused-ring (bicyclic) bond motifs is 4. The molecule has 7 nitrogen and oxygen atoms in total. The van der Waals surface area contributed by atoms with E-state index in [-0.39, 0.29) is 6.04 Å². The summed E-state index contributed by atoms with van der Waals surface area (Å²) in [5, 5.41) is 14.4. The number of hydrogen-bond acceptors (Lipinski definition) is 7. The minimum absolute atomic E-state index is 0.0411. The lowest BCUT2D eigenvalue weighted by Crippen LogP contribution is -2.33. The van der Waals surface area contributed by atoms with Crippen LogP contribution in [0.15, 0.2) is 102 Å². The van der Waals surface area contributed by atoms with Crippen LogP contribution in [0.2, 0.25) is 0 Å². The molecule has 0 fully saturated rings. The average molecular weight is 533 g/mol. The lowest BCUT2D eigenvalue weighted by molar-refractivity contribution is -0.0186. The summed E-state index contributed by atoms with van der Waals surface area (Å²) in [5.74, 6) is 2.43. The van der Waals surface area contributed by atoms with Crippen LogP contribution in [0, 0.1) is 0 Å². The Balaban J connectivity index is 1.26. The molecule has 0 saturated heterocycles. The van der Waals surface area contributed by atoms with Gasteiger partial charge in [-0.1, -0.05) is 42.5 Å². The van der Waals surface area contributed by atoms with Gasteiger partial charge in [0.2, 0.25) is 6.23 Å². The van der Waals surface area contributed by atoms with Crippen molar-refractivity contribution in [2.75, 3.05) is 13.2 Å². The van der Waals surface area contributed by atoms with E-state index in [2.05, 4.69) is 59.1 Å². The smallest absolute Gasteiger partial charge is 0.217 e. The second-order valence-corrected chi connectivity index (χ2v) is 10.7. The Morgan fingerprint density at radius 3 is 2.51 bits per heavy atom. The van der Waals surface area contributed by atoms with Gasteiger partial charge in [0.25, 0.3) is 0 Å². The second kappa shape index (κ2) is 9.03. The van der Waals surface area contributed by atoms with Crippen molar-refractivity contribution in [1.29, 1.82) is 0 Å². The van der Waals surface area contributed by atoms with Crippen molar-refractivity contribution in [3.63, 3.8) is 0 Å². The third-order valence-corrected chi connectivity index (χ3v) is 8.23. The molecule has 3 aliphatic heterocycles. The van der Waals surface area contributed by atoms with E-state index in [9.17, 15) is 0 Å². The molecular formula is C31H24N4O3S. The van der Waals surface area contributed by atoms with E-state index in [1.165, 1.54) is 0 Å². The summed E-state index contributed by atoms with van der Waals surface area (Å²) >= 11 is 1.67. The van der Waals surface area contributed by atoms with Crippen molar-refractivity contribution in [2.45, 2.75) is 18.7 Å². The molecule has 5 heterocycles. The topological polar surface area (TPSA) is 61.1 Å². The van der Waals surface area contributed by atoms with E-state index in [4.69, 9.17) is 24.4 Å². The highest BCUT2D eigenvalue weighted by Gasteiger charge is 2.42. The van der Waals surface area contributed by atoms with Crippen LogP contribution >= 0.6 is 11.3 Å². The first-order chi connectivity index (χ1) is 19.3. The summed E-state index contributed by atoms with van der Waals surface area (Å²) in [6.45, 7) is 1.13. The quantitative estimate of drug-likeness (QED) is 0.261. The largest absolute Gasteiger partial charge is 0.486 e. The average Bonchev–Trinajstić information content (AvgIpc) is 3.77. The summed E-state index contributed by atoms with van der Waals surface area (Å²) in [4.78, 5) is 1.09. The number of thiophene rings is 1. The first-order valence-corrected chi connectivity index (χ1v) is 13.9. The molecule has 3 aliphatic rings. The summed E-state index contributed by atoms with van der Waals surface area (Å²) in [6, 6.07) is 28.7. The molecule has 5 aromatic rings. The van der Waals surface area contributed by atoms with Gasteiger partial charge < -0.3 is 14.2 Å². The first kappa shape index (κ1) is 22.4. The molecule has 8 rings (SSSR count). The van der Waals surface area contributed by atoms with E-state index in [0.717, 1.165) is 62.3 Å². The number of nitrogens with zero attached hydrogens (tertiary/aromatic N) is 4. The molecule has 0 unspecified atom stereocenters. The summed E-state index contributed by atoms with van der Waals surface area (Å²) in [5.41, 5.74) is 6.04. The molecule has 0 saturated carbocycles. The van der Waals surface area contributed by atoms with Crippen LogP contribution in [0.25, 0.3) is 16.3 Å². The fourth-order valence-corrected chi connectivity index (χ4v) is 6.25. The Bertz CT molecular complexity index is 1700. The molecule has 0 spiro atoms. The highest BCUT2D eigenvalue weighted by atomic mass is 32.1. The molecule has 0 amide bonds. The number of rotatable bonds is 4. The van der Waals surface area contributed by atoms with Crippen LogP contribution in [0.5, 0.6) is 17.2 Å². The maximum Gasteiger partial charge on any atom is 0.217 e. The maximum atomic E-state index is 6.72. The van der Waals surface area contributed by atoms with E-state index in [0.29, 0.717) is 13.2 Å². The zero-order valence-electron chi connectivity index (χ0n) is 20.9. The monoisotopic (exact) mass is 532 g/mol. The van der Waals surface area contributed by atoms with Crippen LogP contribution in [-0.4, -0.2) is 33.7 Å². The van der Waals surface area contributed by atoms with Crippen molar-refractivity contribution >= 4 is 17.0 Å². The molecule has 0 aliphatic carbocycles. The Kier molecular flexibility index (Phi) is 5.19. The number of hydrogen-bond donors (Lipinski definition) is 0. The van der Waals surface area contributed by atoms with Gasteiger partial charge in [0.15, 0.2) is 11.5 Å². The van der Waals surface area contributed by atoms with Crippen molar-refractivity contribution in [3.8, 4) is 33.5 Å². The predicted octanol–water partition coefficient (Wildman–Crippen LogP) is 6.61. The Morgan fingerprint density at radius 1 is 0.795 bits per heavy atom. The van der Waals surface area contributed by atoms with Gasteiger partial charge >= 0.3 is 0 Å². The Hall–Kier alpha value is -4.56. The molecule has 8 heteroatoms. The van der Waals surface area contributed by atoms with Crippen LogP contribution in [0.4, 0.5) is 0 Å². The van der Waals surface area contributed by atoms with Crippen molar-refractivity contribution < 1.29 is 14.2 Å². The van der Waals surface area contributed by atoms with Gasteiger partial charge in [-0.3, -0.25) is 0 Å². The third kappa shape index (κ3) is 3.79. The van der Waals surface area contributed by atoms with Gasteiger partial charge in [-0.2, -0.15) is 10.2 Å². The van der Waals surface area contributed by atoms with Crippen LogP contribution < -0.4 is 14.2 Å².